The first kappa shape index (κ1) is 24.7. The average Bonchev–Trinajstić information content (AvgIpc) is 3.21. The smallest absolute Gasteiger partial charge is 0.337 e. The van der Waals surface area contributed by atoms with E-state index >= 15 is 0 Å². The van der Waals surface area contributed by atoms with E-state index < -0.39 is 5.97 Å². The van der Waals surface area contributed by atoms with E-state index in [9.17, 15) is 14.4 Å². The summed E-state index contributed by atoms with van der Waals surface area (Å²) in [6.07, 6.45) is 0. The number of carbonyl (C=O) groups is 3. The van der Waals surface area contributed by atoms with Crippen LogP contribution in [0.3, 0.4) is 0 Å². The number of likely N-dealkylation sites (N-methyl/N-ethyl adjacent to an activating group) is 1. The third-order valence-corrected chi connectivity index (χ3v) is 5.74. The van der Waals surface area contributed by atoms with E-state index in [-0.39, 0.29) is 11.8 Å². The molecule has 1 aliphatic heterocycles. The number of hydrogen-bond donors (Lipinski definition) is 3. The van der Waals surface area contributed by atoms with Crippen molar-refractivity contribution in [1.29, 1.82) is 0 Å². The Morgan fingerprint density at radius 3 is 2.39 bits per heavy atom. The second kappa shape index (κ2) is 10.9. The second-order valence-electron chi connectivity index (χ2n) is 8.59. The van der Waals surface area contributed by atoms with Gasteiger partial charge in [0, 0.05) is 29.9 Å². The third kappa shape index (κ3) is 5.45. The molecule has 0 bridgehead atoms. The number of fused-ring (bicyclic) bond motifs is 1. The van der Waals surface area contributed by atoms with E-state index in [0.717, 1.165) is 12.1 Å². The van der Waals surface area contributed by atoms with Crippen molar-refractivity contribution >= 4 is 40.4 Å². The summed E-state index contributed by atoms with van der Waals surface area (Å²) >= 11 is 0. The lowest BCUT2D eigenvalue weighted by Crippen LogP contribution is -2.31. The molecule has 4 rings (SSSR count). The number of ether oxygens (including phenoxy) is 1. The zero-order valence-corrected chi connectivity index (χ0v) is 20.4. The van der Waals surface area contributed by atoms with Crippen molar-refractivity contribution in [3.63, 3.8) is 0 Å². The molecule has 184 valence electrons. The topological polar surface area (TPSA) is 99.8 Å². The Morgan fingerprint density at radius 2 is 1.67 bits per heavy atom. The zero-order valence-electron chi connectivity index (χ0n) is 20.4. The fourth-order valence-electron chi connectivity index (χ4n) is 3.93. The standard InChI is InChI=1S/C28H28N4O4/c1-32(2)15-14-29-26(33)19-10-7-11-21(16-19)30-25(18-8-5-4-6-9-18)24-22-13-12-20(28(35)36-3)17-23(22)31-27(24)34/h4-13,16-17,30H,14-15H2,1-3H3,(H,29,33)(H,31,34)/b25-24-. The monoisotopic (exact) mass is 484 g/mol. The van der Waals surface area contributed by atoms with Gasteiger partial charge in [-0.05, 0) is 50.0 Å². The summed E-state index contributed by atoms with van der Waals surface area (Å²) in [5.74, 6) is -0.948. The second-order valence-corrected chi connectivity index (χ2v) is 8.59. The fraction of sp³-hybridized carbons (Fsp3) is 0.179. The van der Waals surface area contributed by atoms with Gasteiger partial charge < -0.3 is 25.6 Å². The van der Waals surface area contributed by atoms with Gasteiger partial charge in [0.05, 0.1) is 29.6 Å². The van der Waals surface area contributed by atoms with E-state index in [1.54, 1.807) is 36.4 Å². The predicted molar refractivity (Wildman–Crippen MR) is 141 cm³/mol. The van der Waals surface area contributed by atoms with E-state index in [4.69, 9.17) is 4.74 Å². The van der Waals surface area contributed by atoms with Crippen LogP contribution in [-0.4, -0.2) is 57.0 Å². The lowest BCUT2D eigenvalue weighted by atomic mass is 9.99. The van der Waals surface area contributed by atoms with Crippen LogP contribution in [0.25, 0.3) is 11.3 Å². The first-order valence-electron chi connectivity index (χ1n) is 11.5. The first-order chi connectivity index (χ1) is 17.4. The minimum atomic E-state index is -0.480. The van der Waals surface area contributed by atoms with Crippen LogP contribution < -0.4 is 16.0 Å². The largest absolute Gasteiger partial charge is 0.465 e. The molecule has 0 saturated carbocycles. The maximum Gasteiger partial charge on any atom is 0.337 e. The maximum absolute atomic E-state index is 13.1. The Hall–Kier alpha value is -4.43. The number of anilines is 2. The zero-order chi connectivity index (χ0) is 25.7. The number of nitrogens with one attached hydrogen (secondary N) is 3. The summed E-state index contributed by atoms with van der Waals surface area (Å²) < 4.78 is 4.80. The van der Waals surface area contributed by atoms with Crippen LogP contribution in [0.15, 0.2) is 72.8 Å². The Morgan fingerprint density at radius 1 is 0.917 bits per heavy atom. The first-order valence-corrected chi connectivity index (χ1v) is 11.5. The number of amides is 2. The molecule has 1 heterocycles. The molecule has 3 aromatic rings. The van der Waals surface area contributed by atoms with Crippen molar-refractivity contribution in [2.75, 3.05) is 44.9 Å². The molecule has 3 N–H and O–H groups in total. The van der Waals surface area contributed by atoms with Gasteiger partial charge in [-0.2, -0.15) is 0 Å². The number of nitrogens with zero attached hydrogens (tertiary/aromatic N) is 1. The van der Waals surface area contributed by atoms with Crippen LogP contribution in [0, 0.1) is 0 Å². The van der Waals surface area contributed by atoms with Gasteiger partial charge in [0.25, 0.3) is 11.8 Å². The molecule has 8 nitrogen and oxygen atoms in total. The molecule has 0 saturated heterocycles. The van der Waals surface area contributed by atoms with Gasteiger partial charge >= 0.3 is 5.97 Å². The summed E-state index contributed by atoms with van der Waals surface area (Å²) in [6.45, 7) is 1.27. The number of rotatable bonds is 8. The quantitative estimate of drug-likeness (QED) is 0.333. The lowest BCUT2D eigenvalue weighted by Gasteiger charge is -2.16. The van der Waals surface area contributed by atoms with Crippen molar-refractivity contribution in [2.45, 2.75) is 0 Å². The highest BCUT2D eigenvalue weighted by Crippen LogP contribution is 2.38. The molecule has 0 unspecified atom stereocenters. The minimum Gasteiger partial charge on any atom is -0.465 e. The summed E-state index contributed by atoms with van der Waals surface area (Å²) in [5.41, 5.74) is 4.53. The predicted octanol–water partition coefficient (Wildman–Crippen LogP) is 3.70. The molecule has 0 radical (unpaired) electrons. The van der Waals surface area contributed by atoms with Crippen molar-refractivity contribution in [2.24, 2.45) is 0 Å². The van der Waals surface area contributed by atoms with E-state index in [1.165, 1.54) is 7.11 Å². The van der Waals surface area contributed by atoms with E-state index in [0.29, 0.717) is 45.9 Å². The normalized spacial score (nSPS) is 13.6. The highest BCUT2D eigenvalue weighted by molar-refractivity contribution is 6.37. The fourth-order valence-corrected chi connectivity index (χ4v) is 3.93. The SMILES string of the molecule is COC(=O)c1ccc2c(c1)NC(=O)/C2=C(\Nc1cccc(C(=O)NCCN(C)C)c1)c1ccccc1. The maximum atomic E-state index is 13.1. The molecule has 0 aliphatic carbocycles. The molecule has 0 aromatic heterocycles. The molecule has 0 fully saturated rings. The summed E-state index contributed by atoms with van der Waals surface area (Å²) in [4.78, 5) is 39.7. The van der Waals surface area contributed by atoms with Crippen LogP contribution in [0.5, 0.6) is 0 Å². The molecule has 36 heavy (non-hydrogen) atoms. The van der Waals surface area contributed by atoms with Gasteiger partial charge in [-0.15, -0.1) is 0 Å². The van der Waals surface area contributed by atoms with Crippen LogP contribution in [0.1, 0.15) is 31.8 Å². The Kier molecular flexibility index (Phi) is 7.46. The minimum absolute atomic E-state index is 0.172. The highest BCUT2D eigenvalue weighted by Gasteiger charge is 2.29. The molecular weight excluding hydrogens is 456 g/mol. The van der Waals surface area contributed by atoms with Crippen molar-refractivity contribution in [3.05, 3.63) is 95.1 Å². The Balaban J connectivity index is 1.72. The molecule has 0 spiro atoms. The van der Waals surface area contributed by atoms with Crippen LogP contribution >= 0.6 is 0 Å². The lowest BCUT2D eigenvalue weighted by molar-refractivity contribution is -0.110. The Bertz CT molecular complexity index is 1330. The van der Waals surface area contributed by atoms with Gasteiger partial charge in [-0.25, -0.2) is 4.79 Å². The number of hydrogen-bond acceptors (Lipinski definition) is 6. The number of benzene rings is 3. The van der Waals surface area contributed by atoms with Gasteiger partial charge in [0.2, 0.25) is 0 Å². The molecule has 8 heteroatoms. The molecule has 3 aromatic carbocycles. The van der Waals surface area contributed by atoms with Crippen LogP contribution in [-0.2, 0) is 9.53 Å². The average molecular weight is 485 g/mol. The molecule has 1 aliphatic rings. The number of carbonyl (C=O) groups excluding carboxylic acids is 3. The van der Waals surface area contributed by atoms with E-state index in [1.807, 2.05) is 55.4 Å². The summed E-state index contributed by atoms with van der Waals surface area (Å²) in [6, 6.07) is 21.6. The summed E-state index contributed by atoms with van der Waals surface area (Å²) in [7, 11) is 5.21. The van der Waals surface area contributed by atoms with Gasteiger partial charge in [-0.1, -0.05) is 42.5 Å². The summed E-state index contributed by atoms with van der Waals surface area (Å²) in [5, 5.41) is 9.13. The number of esters is 1. The van der Waals surface area contributed by atoms with Crippen molar-refractivity contribution in [3.8, 4) is 0 Å². The third-order valence-electron chi connectivity index (χ3n) is 5.74. The van der Waals surface area contributed by atoms with Crippen LogP contribution in [0.2, 0.25) is 0 Å². The van der Waals surface area contributed by atoms with Gasteiger partial charge in [-0.3, -0.25) is 9.59 Å². The Labute approximate surface area is 210 Å². The van der Waals surface area contributed by atoms with Crippen molar-refractivity contribution in [1.82, 2.24) is 10.2 Å². The molecular formula is C28H28N4O4. The van der Waals surface area contributed by atoms with Gasteiger partial charge in [0.15, 0.2) is 0 Å². The van der Waals surface area contributed by atoms with Gasteiger partial charge in [0.1, 0.15) is 0 Å². The van der Waals surface area contributed by atoms with Crippen molar-refractivity contribution < 1.29 is 19.1 Å². The van der Waals surface area contributed by atoms with Crippen LogP contribution in [0.4, 0.5) is 11.4 Å². The highest BCUT2D eigenvalue weighted by atomic mass is 16.5. The van der Waals surface area contributed by atoms with E-state index in [2.05, 4.69) is 16.0 Å². The number of methoxy groups -OCH3 is 1. The molecule has 0 atom stereocenters. The molecule has 2 amide bonds.